The Kier molecular flexibility index (Phi) is 3.45. The van der Waals surface area contributed by atoms with Crippen LogP contribution in [0, 0.1) is 5.92 Å². The van der Waals surface area contributed by atoms with E-state index in [0.717, 1.165) is 22.2 Å². The number of aromatic nitrogens is 3. The molecule has 0 saturated carbocycles. The maximum atomic E-state index is 6.03. The molecule has 0 bridgehead atoms. The van der Waals surface area contributed by atoms with Crippen molar-refractivity contribution in [2.45, 2.75) is 19.3 Å². The van der Waals surface area contributed by atoms with Crippen molar-refractivity contribution < 1.29 is 0 Å². The molecule has 2 aromatic rings. The van der Waals surface area contributed by atoms with Gasteiger partial charge < -0.3 is 10.6 Å². The van der Waals surface area contributed by atoms with Gasteiger partial charge in [0.15, 0.2) is 5.65 Å². The van der Waals surface area contributed by atoms with E-state index >= 15 is 0 Å². The first-order valence-electron chi connectivity index (χ1n) is 6.60. The Labute approximate surface area is 120 Å². The summed E-state index contributed by atoms with van der Waals surface area (Å²) in [4.78, 5) is 7.05. The number of nitrogen functional groups attached to an aromatic ring is 1. The topological polar surface area (TPSA) is 59.5 Å². The maximum Gasteiger partial charge on any atom is 0.171 e. The zero-order chi connectivity index (χ0) is 13.4. The largest absolute Gasteiger partial charge is 0.384 e. The maximum absolute atomic E-state index is 6.03. The number of hydrogen-bond donors (Lipinski definition) is 1. The van der Waals surface area contributed by atoms with E-state index in [9.17, 15) is 0 Å². The number of fused-ring (bicyclic) bond motifs is 1. The molecule has 19 heavy (non-hydrogen) atoms. The number of hydrogen-bond acceptors (Lipinski definition) is 4. The van der Waals surface area contributed by atoms with Gasteiger partial charge in [0.25, 0.3) is 0 Å². The second-order valence-electron chi connectivity index (χ2n) is 5.35. The summed E-state index contributed by atoms with van der Waals surface area (Å²) in [5.74, 6) is 1.37. The number of rotatable bonds is 2. The van der Waals surface area contributed by atoms with Gasteiger partial charge in [0.1, 0.15) is 5.82 Å². The number of anilines is 1. The normalized spacial score (nSPS) is 18.2. The van der Waals surface area contributed by atoms with Crippen LogP contribution in [0.15, 0.2) is 16.7 Å². The molecular formula is C13H18BrN5. The predicted molar refractivity (Wildman–Crippen MR) is 79.0 cm³/mol. The van der Waals surface area contributed by atoms with Gasteiger partial charge in [-0.2, -0.15) is 9.61 Å². The second kappa shape index (κ2) is 5.09. The second-order valence-corrected chi connectivity index (χ2v) is 6.21. The van der Waals surface area contributed by atoms with Crippen LogP contribution in [0.3, 0.4) is 0 Å². The van der Waals surface area contributed by atoms with Crippen LogP contribution in [0.2, 0.25) is 0 Å². The monoisotopic (exact) mass is 323 g/mol. The fourth-order valence-electron chi connectivity index (χ4n) is 2.68. The lowest BCUT2D eigenvalue weighted by atomic mass is 9.92. The van der Waals surface area contributed by atoms with Crippen LogP contribution in [-0.2, 0) is 6.42 Å². The van der Waals surface area contributed by atoms with Crippen molar-refractivity contribution in [1.82, 2.24) is 19.5 Å². The molecule has 3 heterocycles. The van der Waals surface area contributed by atoms with Gasteiger partial charge in [-0.3, -0.25) is 0 Å². The molecule has 0 aliphatic carbocycles. The molecule has 1 aliphatic heterocycles. The minimum Gasteiger partial charge on any atom is -0.384 e. The lowest BCUT2D eigenvalue weighted by Gasteiger charge is -2.28. The smallest absolute Gasteiger partial charge is 0.171 e. The fraction of sp³-hybridized carbons (Fsp3) is 0.538. The van der Waals surface area contributed by atoms with E-state index in [1.54, 1.807) is 10.7 Å². The van der Waals surface area contributed by atoms with Crippen LogP contribution in [-0.4, -0.2) is 39.6 Å². The molecule has 102 valence electrons. The van der Waals surface area contributed by atoms with Crippen LogP contribution in [0.5, 0.6) is 0 Å². The Hall–Kier alpha value is -1.14. The molecule has 0 spiro atoms. The molecule has 3 rings (SSSR count). The van der Waals surface area contributed by atoms with Crippen LogP contribution in [0.1, 0.15) is 18.5 Å². The third kappa shape index (κ3) is 2.60. The number of nitrogens with two attached hydrogens (primary N) is 1. The van der Waals surface area contributed by atoms with Gasteiger partial charge in [-0.25, -0.2) is 4.98 Å². The lowest BCUT2D eigenvalue weighted by molar-refractivity contribution is 0.218. The highest BCUT2D eigenvalue weighted by atomic mass is 79.9. The van der Waals surface area contributed by atoms with E-state index in [1.807, 2.05) is 6.07 Å². The van der Waals surface area contributed by atoms with Gasteiger partial charge >= 0.3 is 0 Å². The average molecular weight is 324 g/mol. The third-order valence-corrected chi connectivity index (χ3v) is 4.40. The highest BCUT2D eigenvalue weighted by Gasteiger charge is 2.18. The summed E-state index contributed by atoms with van der Waals surface area (Å²) in [6.07, 6.45) is 5.22. The van der Waals surface area contributed by atoms with Gasteiger partial charge in [0, 0.05) is 11.8 Å². The molecule has 1 saturated heterocycles. The number of nitrogens with zero attached hydrogens (tertiary/aromatic N) is 4. The first kappa shape index (κ1) is 12.9. The summed E-state index contributed by atoms with van der Waals surface area (Å²) >= 11 is 3.46. The summed E-state index contributed by atoms with van der Waals surface area (Å²) < 4.78 is 2.56. The van der Waals surface area contributed by atoms with Crippen LogP contribution >= 0.6 is 15.9 Å². The Balaban J connectivity index is 1.83. The van der Waals surface area contributed by atoms with Crippen LogP contribution < -0.4 is 5.73 Å². The molecule has 0 radical (unpaired) electrons. The van der Waals surface area contributed by atoms with Crippen molar-refractivity contribution in [3.63, 3.8) is 0 Å². The molecule has 0 atom stereocenters. The SMILES string of the molecule is CN1CCC(Cc2cc(N)n3ncc(Br)c3n2)CC1. The quantitative estimate of drug-likeness (QED) is 0.917. The number of likely N-dealkylation sites (tertiary alicyclic amines) is 1. The van der Waals surface area contributed by atoms with Crippen molar-refractivity contribution >= 4 is 27.4 Å². The molecule has 2 aromatic heterocycles. The minimum atomic E-state index is 0.652. The highest BCUT2D eigenvalue weighted by molar-refractivity contribution is 9.10. The molecule has 0 aromatic carbocycles. The van der Waals surface area contributed by atoms with E-state index < -0.39 is 0 Å². The van der Waals surface area contributed by atoms with Gasteiger partial charge in [-0.15, -0.1) is 0 Å². The number of halogens is 1. The number of piperidine rings is 1. The van der Waals surface area contributed by atoms with Gasteiger partial charge in [-0.1, -0.05) is 0 Å². The van der Waals surface area contributed by atoms with Gasteiger partial charge in [0.05, 0.1) is 10.7 Å². The molecule has 0 amide bonds. The zero-order valence-electron chi connectivity index (χ0n) is 11.0. The Morgan fingerprint density at radius 2 is 2.16 bits per heavy atom. The molecule has 0 unspecified atom stereocenters. The van der Waals surface area contributed by atoms with E-state index in [4.69, 9.17) is 5.73 Å². The lowest BCUT2D eigenvalue weighted by Crippen LogP contribution is -2.31. The summed E-state index contributed by atoms with van der Waals surface area (Å²) in [5.41, 5.74) is 7.91. The molecule has 6 heteroatoms. The molecule has 1 aliphatic rings. The summed E-state index contributed by atoms with van der Waals surface area (Å²) in [5, 5.41) is 4.19. The van der Waals surface area contributed by atoms with Crippen molar-refractivity contribution in [3.05, 3.63) is 22.4 Å². The van der Waals surface area contributed by atoms with Gasteiger partial charge in [-0.05, 0) is 61.2 Å². The predicted octanol–water partition coefficient (Wildman–Crippen LogP) is 1.96. The Morgan fingerprint density at radius 1 is 1.42 bits per heavy atom. The Morgan fingerprint density at radius 3 is 2.89 bits per heavy atom. The van der Waals surface area contributed by atoms with E-state index in [-0.39, 0.29) is 0 Å². The first-order chi connectivity index (χ1) is 9.13. The average Bonchev–Trinajstić information content (AvgIpc) is 2.75. The first-order valence-corrected chi connectivity index (χ1v) is 7.40. The van der Waals surface area contributed by atoms with Crippen molar-refractivity contribution in [2.75, 3.05) is 25.9 Å². The molecule has 1 fully saturated rings. The van der Waals surface area contributed by atoms with Crippen molar-refractivity contribution in [3.8, 4) is 0 Å². The van der Waals surface area contributed by atoms with E-state index in [2.05, 4.69) is 38.0 Å². The standard InChI is InChI=1S/C13H18BrN5/c1-18-4-2-9(3-5-18)6-10-7-12(15)19-13(17-10)11(14)8-16-19/h7-9H,2-6,15H2,1H3. The Bertz CT molecular complexity index is 586. The molecule has 5 nitrogen and oxygen atoms in total. The van der Waals surface area contributed by atoms with Crippen LogP contribution in [0.4, 0.5) is 5.82 Å². The summed E-state index contributed by atoms with van der Waals surface area (Å²) in [7, 11) is 2.18. The zero-order valence-corrected chi connectivity index (χ0v) is 12.6. The summed E-state index contributed by atoms with van der Waals surface area (Å²) in [6, 6.07) is 1.95. The van der Waals surface area contributed by atoms with Crippen LogP contribution in [0.25, 0.3) is 5.65 Å². The molecule has 2 N–H and O–H groups in total. The van der Waals surface area contributed by atoms with Crippen molar-refractivity contribution in [1.29, 1.82) is 0 Å². The fourth-order valence-corrected chi connectivity index (χ4v) is 3.03. The minimum absolute atomic E-state index is 0.652. The third-order valence-electron chi connectivity index (χ3n) is 3.85. The van der Waals surface area contributed by atoms with E-state index in [0.29, 0.717) is 11.7 Å². The molecular weight excluding hydrogens is 306 g/mol. The highest BCUT2D eigenvalue weighted by Crippen LogP contribution is 2.23. The van der Waals surface area contributed by atoms with Gasteiger partial charge in [0.2, 0.25) is 0 Å². The van der Waals surface area contributed by atoms with E-state index in [1.165, 1.54) is 25.9 Å². The summed E-state index contributed by atoms with van der Waals surface area (Å²) in [6.45, 7) is 2.36. The van der Waals surface area contributed by atoms with Crippen molar-refractivity contribution in [2.24, 2.45) is 5.92 Å².